The summed E-state index contributed by atoms with van der Waals surface area (Å²) < 4.78 is 4.27. The van der Waals surface area contributed by atoms with Crippen molar-refractivity contribution >= 4 is 18.1 Å². The van der Waals surface area contributed by atoms with E-state index in [-0.39, 0.29) is 6.54 Å². The average molecular weight is 188 g/mol. The minimum atomic E-state index is -1.18. The zero-order valence-electron chi connectivity index (χ0n) is 6.81. The summed E-state index contributed by atoms with van der Waals surface area (Å²) in [4.78, 5) is 32.9. The van der Waals surface area contributed by atoms with Gasteiger partial charge in [-0.05, 0) is 0 Å². The molecule has 1 saturated heterocycles. The first-order chi connectivity index (χ1) is 6.06. The van der Waals surface area contributed by atoms with Crippen LogP contribution in [0.1, 0.15) is 0 Å². The molecular formula is C6H8N2O5. The smallest absolute Gasteiger partial charge is 0.417 e. The lowest BCUT2D eigenvalue weighted by atomic mass is 10.3. The number of imide groups is 1. The Hall–Kier alpha value is -1.79. The molecule has 1 fully saturated rings. The van der Waals surface area contributed by atoms with Gasteiger partial charge >= 0.3 is 18.1 Å². The van der Waals surface area contributed by atoms with Crippen LogP contribution in [0.4, 0.5) is 9.59 Å². The number of aliphatic carboxylic acids is 1. The lowest BCUT2D eigenvalue weighted by Crippen LogP contribution is -2.34. The molecule has 1 atom stereocenters. The van der Waals surface area contributed by atoms with E-state index >= 15 is 0 Å². The van der Waals surface area contributed by atoms with Gasteiger partial charge < -0.3 is 15.2 Å². The number of rotatable bonds is 1. The number of hydrogen-bond acceptors (Lipinski definition) is 4. The number of amides is 3. The Morgan fingerprint density at radius 3 is 2.69 bits per heavy atom. The SMILES string of the molecule is COC(=O)N1CC(C(=O)O)NC1=O. The third-order valence-corrected chi connectivity index (χ3v) is 1.60. The first kappa shape index (κ1) is 9.30. The molecule has 1 aliphatic rings. The van der Waals surface area contributed by atoms with Crippen molar-refractivity contribution in [3.63, 3.8) is 0 Å². The minimum Gasteiger partial charge on any atom is -0.480 e. The highest BCUT2D eigenvalue weighted by atomic mass is 16.5. The van der Waals surface area contributed by atoms with Crippen LogP contribution in [0.3, 0.4) is 0 Å². The van der Waals surface area contributed by atoms with Crippen molar-refractivity contribution in [1.82, 2.24) is 10.2 Å². The molecule has 7 heteroatoms. The first-order valence-electron chi connectivity index (χ1n) is 3.45. The molecule has 0 bridgehead atoms. The van der Waals surface area contributed by atoms with Crippen LogP contribution in [0, 0.1) is 0 Å². The zero-order chi connectivity index (χ0) is 10.0. The molecule has 2 N–H and O–H groups in total. The second-order valence-corrected chi connectivity index (χ2v) is 2.42. The fraction of sp³-hybridized carbons (Fsp3) is 0.500. The largest absolute Gasteiger partial charge is 0.480 e. The van der Waals surface area contributed by atoms with E-state index in [4.69, 9.17) is 5.11 Å². The summed E-state index contributed by atoms with van der Waals surface area (Å²) in [5.74, 6) is -1.18. The highest BCUT2D eigenvalue weighted by Crippen LogP contribution is 2.05. The third kappa shape index (κ3) is 1.68. The molecule has 72 valence electrons. The average Bonchev–Trinajstić information content (AvgIpc) is 2.46. The number of carbonyl (C=O) groups excluding carboxylic acids is 2. The van der Waals surface area contributed by atoms with E-state index in [1.165, 1.54) is 0 Å². The predicted molar refractivity (Wildman–Crippen MR) is 39.1 cm³/mol. The van der Waals surface area contributed by atoms with E-state index in [1.54, 1.807) is 0 Å². The number of ether oxygens (including phenoxy) is 1. The van der Waals surface area contributed by atoms with Crippen molar-refractivity contribution in [2.45, 2.75) is 6.04 Å². The molecule has 0 radical (unpaired) electrons. The number of carboxylic acids is 1. The van der Waals surface area contributed by atoms with Gasteiger partial charge in [0.15, 0.2) is 0 Å². The summed E-state index contributed by atoms with van der Waals surface area (Å²) >= 11 is 0. The van der Waals surface area contributed by atoms with Crippen molar-refractivity contribution in [1.29, 1.82) is 0 Å². The Morgan fingerprint density at radius 1 is 1.69 bits per heavy atom. The van der Waals surface area contributed by atoms with Crippen LogP contribution in [-0.2, 0) is 9.53 Å². The number of carbonyl (C=O) groups is 3. The molecule has 1 rings (SSSR count). The van der Waals surface area contributed by atoms with Gasteiger partial charge in [0.1, 0.15) is 6.04 Å². The topological polar surface area (TPSA) is 95.9 Å². The van der Waals surface area contributed by atoms with Crippen LogP contribution in [0.15, 0.2) is 0 Å². The summed E-state index contributed by atoms with van der Waals surface area (Å²) in [6.45, 7) is -0.208. The lowest BCUT2D eigenvalue weighted by Gasteiger charge is -2.08. The van der Waals surface area contributed by atoms with Crippen molar-refractivity contribution in [2.75, 3.05) is 13.7 Å². The molecule has 0 saturated carbocycles. The van der Waals surface area contributed by atoms with E-state index in [9.17, 15) is 14.4 Å². The fourth-order valence-corrected chi connectivity index (χ4v) is 0.946. The minimum absolute atomic E-state index is 0.208. The maximum atomic E-state index is 10.9. The van der Waals surface area contributed by atoms with E-state index in [2.05, 4.69) is 10.1 Å². The molecule has 0 aromatic rings. The summed E-state index contributed by atoms with van der Waals surface area (Å²) in [6, 6.07) is -1.80. The lowest BCUT2D eigenvalue weighted by molar-refractivity contribution is -0.138. The molecule has 3 amide bonds. The summed E-state index contributed by atoms with van der Waals surface area (Å²) in [5, 5.41) is 10.6. The molecule has 0 aliphatic carbocycles. The van der Waals surface area contributed by atoms with E-state index < -0.39 is 24.1 Å². The molecule has 0 aromatic carbocycles. The van der Waals surface area contributed by atoms with Gasteiger partial charge in [0.25, 0.3) is 0 Å². The van der Waals surface area contributed by atoms with Crippen LogP contribution >= 0.6 is 0 Å². The van der Waals surface area contributed by atoms with Gasteiger partial charge in [-0.1, -0.05) is 0 Å². The number of nitrogens with one attached hydrogen (secondary N) is 1. The standard InChI is InChI=1S/C6H8N2O5/c1-13-6(12)8-2-3(4(9)10)7-5(8)11/h3H,2H2,1H3,(H,7,11)(H,9,10). The Morgan fingerprint density at radius 2 is 2.31 bits per heavy atom. The Kier molecular flexibility index (Phi) is 2.36. The monoisotopic (exact) mass is 188 g/mol. The maximum absolute atomic E-state index is 10.9. The van der Waals surface area contributed by atoms with Crippen LogP contribution in [0.2, 0.25) is 0 Å². The Balaban J connectivity index is 2.67. The normalized spacial score (nSPS) is 21.2. The van der Waals surface area contributed by atoms with Crippen molar-refractivity contribution < 1.29 is 24.2 Å². The van der Waals surface area contributed by atoms with Gasteiger partial charge in [0, 0.05) is 0 Å². The molecule has 0 spiro atoms. The highest BCUT2D eigenvalue weighted by Gasteiger charge is 2.37. The third-order valence-electron chi connectivity index (χ3n) is 1.60. The van der Waals surface area contributed by atoms with Gasteiger partial charge in [-0.3, -0.25) is 0 Å². The molecule has 13 heavy (non-hydrogen) atoms. The number of urea groups is 1. The molecule has 0 aromatic heterocycles. The van der Waals surface area contributed by atoms with Crippen LogP contribution in [-0.4, -0.2) is 47.8 Å². The summed E-state index contributed by atoms with van der Waals surface area (Å²) in [6.07, 6.45) is -0.860. The number of methoxy groups -OCH3 is 1. The second kappa shape index (κ2) is 3.30. The van der Waals surface area contributed by atoms with Gasteiger partial charge in [0.2, 0.25) is 0 Å². The van der Waals surface area contributed by atoms with Gasteiger partial charge in [-0.15, -0.1) is 0 Å². The quantitative estimate of drug-likeness (QED) is 0.563. The fourth-order valence-electron chi connectivity index (χ4n) is 0.946. The molecule has 7 nitrogen and oxygen atoms in total. The second-order valence-electron chi connectivity index (χ2n) is 2.42. The predicted octanol–water partition coefficient (Wildman–Crippen LogP) is -0.769. The van der Waals surface area contributed by atoms with E-state index in [0.29, 0.717) is 4.90 Å². The van der Waals surface area contributed by atoms with Crippen LogP contribution in [0.25, 0.3) is 0 Å². The summed E-state index contributed by atoms with van der Waals surface area (Å²) in [7, 11) is 1.11. The first-order valence-corrected chi connectivity index (χ1v) is 3.45. The maximum Gasteiger partial charge on any atom is 0.417 e. The number of carboxylic acid groups (broad SMARTS) is 1. The number of hydrogen-bond donors (Lipinski definition) is 2. The van der Waals surface area contributed by atoms with Crippen LogP contribution in [0.5, 0.6) is 0 Å². The van der Waals surface area contributed by atoms with Gasteiger partial charge in [-0.2, -0.15) is 0 Å². The van der Waals surface area contributed by atoms with Crippen LogP contribution < -0.4 is 5.32 Å². The zero-order valence-corrected chi connectivity index (χ0v) is 6.81. The van der Waals surface area contributed by atoms with Gasteiger partial charge in [0.05, 0.1) is 13.7 Å². The molecule has 1 unspecified atom stereocenters. The molecule has 1 aliphatic heterocycles. The summed E-state index contributed by atoms with van der Waals surface area (Å²) in [5.41, 5.74) is 0. The van der Waals surface area contributed by atoms with Crippen molar-refractivity contribution in [3.8, 4) is 0 Å². The Bertz CT molecular complexity index is 264. The highest BCUT2D eigenvalue weighted by molar-refractivity contribution is 5.96. The van der Waals surface area contributed by atoms with E-state index in [0.717, 1.165) is 7.11 Å². The Labute approximate surface area is 73.3 Å². The van der Waals surface area contributed by atoms with E-state index in [1.807, 2.05) is 0 Å². The van der Waals surface area contributed by atoms with Crippen molar-refractivity contribution in [2.24, 2.45) is 0 Å². The van der Waals surface area contributed by atoms with Gasteiger partial charge in [-0.25, -0.2) is 19.3 Å². The van der Waals surface area contributed by atoms with Crippen molar-refractivity contribution in [3.05, 3.63) is 0 Å². The molecular weight excluding hydrogens is 180 g/mol. The number of nitrogens with zero attached hydrogens (tertiary/aromatic N) is 1. The molecule has 1 heterocycles.